The molecule has 0 amide bonds. The van der Waals surface area contributed by atoms with Crippen molar-refractivity contribution in [2.24, 2.45) is 0 Å². The molecular weight excluding hydrogens is 621 g/mol. The van der Waals surface area contributed by atoms with Crippen LogP contribution in [0.15, 0.2) is 72.8 Å². The minimum atomic E-state index is 0. The third-order valence-electron chi connectivity index (χ3n) is 5.30. The Kier molecular flexibility index (Phi) is 19.6. The Balaban J connectivity index is -0.000000189. The van der Waals surface area contributed by atoms with E-state index in [1.54, 1.807) is 18.9 Å². The summed E-state index contributed by atoms with van der Waals surface area (Å²) >= 11 is 0. The second kappa shape index (κ2) is 24.8. The molecule has 0 aliphatic rings. The molecular formula is C42H36N6O2. The van der Waals surface area contributed by atoms with Gasteiger partial charge in [-0.2, -0.15) is 0 Å². The number of aromatic nitrogens is 2. The van der Waals surface area contributed by atoms with Gasteiger partial charge in [-0.05, 0) is 155 Å². The van der Waals surface area contributed by atoms with Crippen LogP contribution < -0.4 is 10.5 Å². The van der Waals surface area contributed by atoms with Gasteiger partial charge in [-0.25, -0.2) is 9.97 Å². The molecule has 4 rings (SSSR count). The van der Waals surface area contributed by atoms with Gasteiger partial charge in [0.25, 0.3) is 0 Å². The highest BCUT2D eigenvalue weighted by atomic mass is 16.5. The van der Waals surface area contributed by atoms with Crippen LogP contribution in [0, 0.1) is 124 Å². The number of anilines is 1. The van der Waals surface area contributed by atoms with Crippen molar-refractivity contribution < 1.29 is 18.8 Å². The number of nitrogens with two attached hydrogens (primary N) is 1. The van der Waals surface area contributed by atoms with Crippen LogP contribution in [0.3, 0.4) is 0 Å². The molecule has 0 saturated heterocycles. The third-order valence-corrected chi connectivity index (χ3v) is 5.30. The van der Waals surface area contributed by atoms with E-state index in [1.807, 2.05) is 72.8 Å². The summed E-state index contributed by atoms with van der Waals surface area (Å²) in [7, 11) is 1.66. The highest BCUT2D eigenvalue weighted by molar-refractivity contribution is 5.87. The van der Waals surface area contributed by atoms with Gasteiger partial charge >= 0.3 is 0 Å². The second-order valence-corrected chi connectivity index (χ2v) is 8.38. The maximum atomic E-state index is 6.86. The molecule has 0 saturated carbocycles. The quantitative estimate of drug-likeness (QED) is 0.0823. The molecule has 0 aliphatic heterocycles. The Hall–Kier alpha value is -8.53. The average molecular weight is 657 g/mol. The highest BCUT2D eigenvalue weighted by Crippen LogP contribution is 2.32. The van der Waals surface area contributed by atoms with Gasteiger partial charge in [0.2, 0.25) is 0 Å². The predicted molar refractivity (Wildman–Crippen MR) is 212 cm³/mol. The standard InChI is InChI=1S/C21H17N3O.C21H4.HN3.H2O.6H2/c1-25-17-10-7-15(8-11-17)21-20(14-5-3-2-4-6-14)23-18-12-9-16(22)13-19(18)24-21;1-3-5-7-9-11-13-15-17-19-21-20-18-16-14-12-10-8-6-4-2;1-3-2;;;;;;;/h2-13H,22H2,1H3;1H,2H3;1H;1H2;6*1H. The lowest BCUT2D eigenvalue weighted by molar-refractivity contribution is 0.415. The average Bonchev–Trinajstić information content (AvgIpc) is 3.13. The summed E-state index contributed by atoms with van der Waals surface area (Å²) in [6, 6.07) is 23.5. The molecule has 3 aromatic carbocycles. The van der Waals surface area contributed by atoms with Crippen molar-refractivity contribution in [1.82, 2.24) is 9.97 Å². The zero-order chi connectivity index (χ0) is 35.4. The molecule has 0 unspecified atom stereocenters. The normalized spacial score (nSPS) is 7.14. The summed E-state index contributed by atoms with van der Waals surface area (Å²) < 4.78 is 5.25. The summed E-state index contributed by atoms with van der Waals surface area (Å²) in [5.74, 6) is 47.7. The molecule has 5 N–H and O–H groups in total. The lowest BCUT2D eigenvalue weighted by Crippen LogP contribution is -1.96. The molecule has 1 aromatic heterocycles. The van der Waals surface area contributed by atoms with E-state index in [-0.39, 0.29) is 14.0 Å². The molecule has 4 aromatic rings. The van der Waals surface area contributed by atoms with Crippen LogP contribution in [0.5, 0.6) is 5.75 Å². The molecule has 50 heavy (non-hydrogen) atoms. The van der Waals surface area contributed by atoms with Gasteiger partial charge in [0.1, 0.15) is 5.75 Å². The van der Waals surface area contributed by atoms with Crippen molar-refractivity contribution in [3.63, 3.8) is 0 Å². The fourth-order valence-corrected chi connectivity index (χ4v) is 3.39. The summed E-state index contributed by atoms with van der Waals surface area (Å²) in [4.78, 5) is 11.5. The van der Waals surface area contributed by atoms with Crippen molar-refractivity contribution >= 4 is 16.7 Å². The lowest BCUT2D eigenvalue weighted by Gasteiger charge is -2.11. The maximum absolute atomic E-state index is 6.86. The second-order valence-electron chi connectivity index (χ2n) is 8.38. The molecule has 0 spiro atoms. The molecule has 8 nitrogen and oxygen atoms in total. The van der Waals surface area contributed by atoms with Gasteiger partial charge in [0.05, 0.1) is 29.5 Å². The zero-order valence-corrected chi connectivity index (χ0v) is 26.8. The number of rotatable bonds is 3. The first-order chi connectivity index (χ1) is 24.1. The number of terminal acetylenes is 1. The number of nitrogens with one attached hydrogen (secondary N) is 1. The largest absolute Gasteiger partial charge is 0.497 e. The number of nitrogen functional groups attached to an aromatic ring is 1. The fraction of sp³-hybridized carbons (Fsp3) is 0.0476. The van der Waals surface area contributed by atoms with Gasteiger partial charge < -0.3 is 15.9 Å². The van der Waals surface area contributed by atoms with E-state index in [0.717, 1.165) is 39.3 Å². The van der Waals surface area contributed by atoms with Crippen LogP contribution in [0.1, 0.15) is 15.5 Å². The first-order valence-corrected chi connectivity index (χ1v) is 13.7. The topological polar surface area (TPSA) is 153 Å². The third kappa shape index (κ3) is 15.0. The maximum Gasteiger partial charge on any atom is 0.118 e. The van der Waals surface area contributed by atoms with Crippen LogP contribution >= 0.6 is 0 Å². The van der Waals surface area contributed by atoms with Crippen molar-refractivity contribution in [3.05, 3.63) is 83.2 Å². The Bertz CT molecular complexity index is 2500. The Morgan fingerprint density at radius 2 is 1.08 bits per heavy atom. The van der Waals surface area contributed by atoms with E-state index in [9.17, 15) is 0 Å². The van der Waals surface area contributed by atoms with Gasteiger partial charge in [0, 0.05) is 37.2 Å². The van der Waals surface area contributed by atoms with E-state index < -0.39 is 0 Å². The van der Waals surface area contributed by atoms with Crippen molar-refractivity contribution in [2.75, 3.05) is 12.8 Å². The summed E-state index contributed by atoms with van der Waals surface area (Å²) in [5.41, 5.74) is 24.1. The Labute approximate surface area is 300 Å². The van der Waals surface area contributed by atoms with Gasteiger partial charge in [-0.15, -0.1) is 12.0 Å². The smallest absolute Gasteiger partial charge is 0.118 e. The first kappa shape index (κ1) is 39.5. The van der Waals surface area contributed by atoms with Gasteiger partial charge in [-0.1, -0.05) is 36.3 Å². The number of ether oxygens (including phenoxy) is 1. The SMILES string of the molecule is C#CC#CC#CC#CC#CC#CC#CC#CC#CC#CC.COc1ccc(-c2nc3cc(N)ccc3nc2-c2ccccc2)cc1.O.[HH].[HH].[HH].[HH].[HH].[HH].[N-]=[N+]=N. The number of nitrogens with zero attached hydrogens (tertiary/aromatic N) is 4. The summed E-state index contributed by atoms with van der Waals surface area (Å²) in [5, 5.41) is 0. The molecule has 0 aliphatic carbocycles. The van der Waals surface area contributed by atoms with Crippen molar-refractivity contribution in [1.29, 1.82) is 5.53 Å². The minimum Gasteiger partial charge on any atom is -0.497 e. The van der Waals surface area contributed by atoms with E-state index >= 15 is 0 Å². The number of benzene rings is 3. The van der Waals surface area contributed by atoms with Gasteiger partial charge in [-0.3, -0.25) is 0 Å². The van der Waals surface area contributed by atoms with E-state index in [1.165, 1.54) is 0 Å². The van der Waals surface area contributed by atoms with Crippen molar-refractivity contribution in [3.8, 4) is 147 Å². The first-order valence-electron chi connectivity index (χ1n) is 13.7. The van der Waals surface area contributed by atoms with Crippen molar-refractivity contribution in [2.45, 2.75) is 6.92 Å². The van der Waals surface area contributed by atoms with Crippen LogP contribution in [0.25, 0.3) is 44.0 Å². The number of hydrogen-bond acceptors (Lipinski definition) is 5. The molecule has 0 fully saturated rings. The lowest BCUT2D eigenvalue weighted by atomic mass is 10.0. The number of methoxy groups -OCH3 is 1. The van der Waals surface area contributed by atoms with Crippen LogP contribution in [0.4, 0.5) is 5.69 Å². The van der Waals surface area contributed by atoms with Gasteiger partial charge in [0.15, 0.2) is 0 Å². The zero-order valence-electron chi connectivity index (χ0n) is 26.8. The molecule has 8 heteroatoms. The van der Waals surface area contributed by atoms with Crippen LogP contribution in [0.2, 0.25) is 0 Å². The molecule has 246 valence electrons. The monoisotopic (exact) mass is 656 g/mol. The van der Waals surface area contributed by atoms with E-state index in [4.69, 9.17) is 37.9 Å². The summed E-state index contributed by atoms with van der Waals surface area (Å²) in [6.07, 6.45) is 4.90. The van der Waals surface area contributed by atoms with Crippen LogP contribution in [-0.2, 0) is 0 Å². The molecule has 0 bridgehead atoms. The molecule has 0 atom stereocenters. The minimum absolute atomic E-state index is 0. The highest BCUT2D eigenvalue weighted by Gasteiger charge is 2.13. The molecule has 0 radical (unpaired) electrons. The number of fused-ring (bicyclic) bond motifs is 1. The Morgan fingerprint density at radius 3 is 1.52 bits per heavy atom. The van der Waals surface area contributed by atoms with Crippen LogP contribution in [-0.4, -0.2) is 22.6 Å². The molecule has 1 heterocycles. The summed E-state index contributed by atoms with van der Waals surface area (Å²) in [6.45, 7) is 1.70. The number of hydrogen-bond donors (Lipinski definition) is 2. The van der Waals surface area contributed by atoms with E-state index in [2.05, 4.69) is 112 Å². The fourth-order valence-electron chi connectivity index (χ4n) is 3.39. The predicted octanol–water partition coefficient (Wildman–Crippen LogP) is 6.75. The van der Waals surface area contributed by atoms with E-state index in [0.29, 0.717) is 5.69 Å². The Morgan fingerprint density at radius 1 is 0.660 bits per heavy atom.